The Morgan fingerprint density at radius 1 is 0.986 bits per heavy atom. The van der Waals surface area contributed by atoms with Gasteiger partial charge in [0.05, 0.1) is 26.9 Å². The topological polar surface area (TPSA) is 400 Å². The number of fused-ring (bicyclic) bond motifs is 2. The molecule has 5 atom stereocenters. The molecule has 3 aliphatic heterocycles. The number of hydrogen-bond acceptors (Lipinski definition) is 19. The molecule has 9 N–H and O–H groups in total. The van der Waals surface area contributed by atoms with Gasteiger partial charge in [-0.15, -0.1) is 0 Å². The number of nitrogens with zero attached hydrogens (tertiary/aromatic N) is 3. The molecule has 31 heteroatoms. The summed E-state index contributed by atoms with van der Waals surface area (Å²) in [7, 11) is -26.0. The molecule has 1 aromatic heterocycles. The summed E-state index contributed by atoms with van der Waals surface area (Å²) < 4.78 is 99.9. The van der Waals surface area contributed by atoms with Crippen molar-refractivity contribution in [2.24, 2.45) is 0 Å². The van der Waals surface area contributed by atoms with Crippen LogP contribution in [0.15, 0.2) is 92.0 Å². The number of ether oxygens (including phenoxy) is 1. The number of benzene rings is 2. The minimum atomic E-state index is -5.81. The molecule has 26 nitrogen and oxygen atoms in total. The van der Waals surface area contributed by atoms with Crippen LogP contribution < -0.4 is 31.3 Å². The normalized spacial score (nSPS) is 22.0. The minimum Gasteiger partial charge on any atom is -0.606 e. The number of aliphatic hydroxyl groups is 1. The second-order valence-electron chi connectivity index (χ2n) is 18.0. The van der Waals surface area contributed by atoms with Crippen molar-refractivity contribution in [2.45, 2.75) is 99.4 Å². The zero-order valence-corrected chi connectivity index (χ0v) is 44.0. The number of anilines is 1. The first-order chi connectivity index (χ1) is 33.6. The lowest BCUT2D eigenvalue weighted by atomic mass is 9.81. The van der Waals surface area contributed by atoms with Crippen LogP contribution in [0, 0.1) is 0 Å². The van der Waals surface area contributed by atoms with Gasteiger partial charge in [-0.2, -0.15) is 40.6 Å². The van der Waals surface area contributed by atoms with E-state index in [9.17, 15) is 69.6 Å². The van der Waals surface area contributed by atoms with E-state index >= 15 is 0 Å². The van der Waals surface area contributed by atoms with Crippen molar-refractivity contribution in [2.75, 3.05) is 31.1 Å². The number of aromatic nitrogens is 2. The first-order valence-corrected chi connectivity index (χ1v) is 29.5. The van der Waals surface area contributed by atoms with Crippen molar-refractivity contribution in [3.8, 4) is 0 Å². The van der Waals surface area contributed by atoms with Crippen LogP contribution in [-0.2, 0) is 58.3 Å². The zero-order chi connectivity index (χ0) is 54.3. The number of likely N-dealkylation sites (N-methyl/N-ethyl adjacent to an activating group) is 1. The number of amides is 1. The third-order valence-electron chi connectivity index (χ3n) is 12.2. The van der Waals surface area contributed by atoms with Crippen LogP contribution >= 0.6 is 24.2 Å². The molecular weight excluding hydrogens is 1070 g/mol. The summed E-state index contributed by atoms with van der Waals surface area (Å²) in [4.78, 5) is 101. The lowest BCUT2D eigenvalue weighted by Crippen LogP contribution is -2.33. The molecule has 3 aliphatic rings. The van der Waals surface area contributed by atoms with Gasteiger partial charge in [0.1, 0.15) is 25.5 Å². The number of H-pyrrole nitrogens is 1. The lowest BCUT2D eigenvalue weighted by molar-refractivity contribution is -0.438. The van der Waals surface area contributed by atoms with Crippen LogP contribution in [-0.4, -0.2) is 115 Å². The fourth-order valence-electron chi connectivity index (χ4n) is 8.78. The van der Waals surface area contributed by atoms with Gasteiger partial charge >= 0.3 is 29.9 Å². The van der Waals surface area contributed by atoms with Crippen molar-refractivity contribution in [3.05, 3.63) is 110 Å². The molecule has 0 saturated carbocycles. The van der Waals surface area contributed by atoms with Crippen molar-refractivity contribution < 1.29 is 92.2 Å². The van der Waals surface area contributed by atoms with E-state index in [0.29, 0.717) is 42.7 Å². The monoisotopic (exact) mass is 1120 g/mol. The van der Waals surface area contributed by atoms with Gasteiger partial charge < -0.3 is 29.8 Å². The number of aliphatic hydroxyl groups excluding tert-OH is 1. The highest BCUT2D eigenvalue weighted by atomic mass is 32.2. The smallest absolute Gasteiger partial charge is 0.549 e. The predicted molar refractivity (Wildman–Crippen MR) is 259 cm³/mol. The summed E-state index contributed by atoms with van der Waals surface area (Å²) in [6, 6.07) is 8.84. The molecule has 1 amide bonds. The number of unbranched alkanes of at least 4 members (excludes halogenated alkanes) is 1. The first kappa shape index (κ1) is 58.0. The molecule has 4 heterocycles. The third kappa shape index (κ3) is 13.8. The molecule has 1 fully saturated rings. The number of phosphoric acid groups is 3. The number of hydrogen-bond donors (Lipinski definition) is 9. The third-order valence-corrected chi connectivity index (χ3v) is 17.7. The van der Waals surface area contributed by atoms with Gasteiger partial charge in [0, 0.05) is 73.1 Å². The summed E-state index contributed by atoms with van der Waals surface area (Å²) in [6.07, 6.45) is 5.98. The van der Waals surface area contributed by atoms with E-state index in [0.717, 1.165) is 27.9 Å². The molecule has 400 valence electrons. The van der Waals surface area contributed by atoms with Gasteiger partial charge in [-0.05, 0) is 69.2 Å². The van der Waals surface area contributed by atoms with Crippen molar-refractivity contribution in [3.63, 3.8) is 0 Å². The summed E-state index contributed by atoms with van der Waals surface area (Å²) in [5.41, 5.74) is 1.18. The molecule has 6 rings (SSSR count). The van der Waals surface area contributed by atoms with Gasteiger partial charge in [0.25, 0.3) is 25.8 Å². The van der Waals surface area contributed by atoms with E-state index < -0.39 is 91.5 Å². The highest BCUT2D eigenvalue weighted by Gasteiger charge is 2.49. The quantitative estimate of drug-likeness (QED) is 0.0316. The van der Waals surface area contributed by atoms with Crippen LogP contribution in [0.5, 0.6) is 0 Å². The number of allylic oxidation sites excluding steroid dienone is 4. The van der Waals surface area contributed by atoms with Crippen LogP contribution in [0.3, 0.4) is 0 Å². The molecule has 3 aromatic rings. The summed E-state index contributed by atoms with van der Waals surface area (Å²) in [5.74, 6) is -0.334. The van der Waals surface area contributed by atoms with Crippen molar-refractivity contribution in [1.82, 2.24) is 14.9 Å². The zero-order valence-electron chi connectivity index (χ0n) is 39.7. The highest BCUT2D eigenvalue weighted by Crippen LogP contribution is 2.69. The van der Waals surface area contributed by atoms with E-state index in [1.54, 1.807) is 12.1 Å². The van der Waals surface area contributed by atoms with Crippen LogP contribution in [0.1, 0.15) is 83.2 Å². The Balaban J connectivity index is 1.09. The average molecular weight is 1120 g/mol. The van der Waals surface area contributed by atoms with Gasteiger partial charge in [-0.1, -0.05) is 40.7 Å². The molecule has 0 spiro atoms. The fraction of sp³-hybridized carbons (Fsp3) is 0.429. The Hall–Kier alpha value is -4.25. The average Bonchev–Trinajstić information content (AvgIpc) is 3.81. The maximum atomic E-state index is 12.9. The van der Waals surface area contributed by atoms with E-state index in [2.05, 4.69) is 23.4 Å². The fourth-order valence-corrected chi connectivity index (χ4v) is 12.8. The van der Waals surface area contributed by atoms with Gasteiger partial charge in [-0.3, -0.25) is 33.1 Å². The molecule has 0 bridgehead atoms. The molecule has 2 aromatic carbocycles. The van der Waals surface area contributed by atoms with Crippen molar-refractivity contribution >= 4 is 73.5 Å². The number of carbonyl (C=O) groups is 1. The number of carbonyl (C=O) groups excluding carboxylic acids is 1. The molecule has 1 saturated heterocycles. The summed E-state index contributed by atoms with van der Waals surface area (Å²) in [6.45, 7) is 9.60. The van der Waals surface area contributed by atoms with Crippen LogP contribution in [0.25, 0.3) is 6.08 Å². The van der Waals surface area contributed by atoms with E-state index in [-0.39, 0.29) is 40.6 Å². The molecule has 73 heavy (non-hydrogen) atoms. The largest absolute Gasteiger partial charge is 0.606 e. The lowest BCUT2D eigenvalue weighted by Gasteiger charge is -2.25. The second kappa shape index (κ2) is 21.8. The standard InChI is InChI=1S/C42H54N5O21P3S2/c1-6-45-31-17-15-27(72(59,60)61)21-29(31)41(2,3)35(45)12-9-13-36-42(4,5)30-22-28(73(62,63)64)16-18-32(30)46(36)20-8-7-14-37(49)43-19-10-11-26-24-47(40(51)44-39(26)50)38-23-33(48)34(66-38)25-65-70(55,56)68-71(57,58)67-69(52,53)54/h9-13,15-18,21-22,24,33-34,38,48H,6-8,14,19-20,23,25H2,1-5H3,(H7-,43,44,49,50,51,52,53,54,55,56,57,58,59,60,61,62,63,64)/p+1/b11-10+/t33-,34+,38+/m0/s1. The minimum absolute atomic E-state index is 0.0419. The Morgan fingerprint density at radius 2 is 1.63 bits per heavy atom. The van der Waals surface area contributed by atoms with E-state index in [4.69, 9.17) is 14.5 Å². The highest BCUT2D eigenvalue weighted by molar-refractivity contribution is 7.86. The Kier molecular flexibility index (Phi) is 17.3. The van der Waals surface area contributed by atoms with E-state index in [1.807, 2.05) is 62.3 Å². The number of phosphoric ester groups is 1. The Bertz CT molecular complexity index is 3160. The molecule has 0 aliphatic carbocycles. The Morgan fingerprint density at radius 3 is 2.26 bits per heavy atom. The molecular formula is C42H55N5O21P3S2+. The van der Waals surface area contributed by atoms with Gasteiger partial charge in [-0.25, -0.2) is 9.36 Å². The number of rotatable bonds is 21. The van der Waals surface area contributed by atoms with E-state index in [1.165, 1.54) is 36.4 Å². The maximum Gasteiger partial charge on any atom is 0.549 e. The summed E-state index contributed by atoms with van der Waals surface area (Å²) in [5, 5.41) is 13.2. The SMILES string of the molecule is CCN1C(=CC=CC2=[N+](CCCCC(=O)NC/C=C/c3cn([C@H]4C[C@H](O)[C@@H](CO[P+]([O-])(O)OP(=O)(O)O[P+]([O-])(O)O)O4)c(=O)[nH]c3=O)c3ccc(S(=O)(=O)O)cc3C2(C)C)C(C)(C)c2cc(S(=O)(=O)O)ccc21. The number of nitrogens with one attached hydrogen (secondary N) is 2. The van der Waals surface area contributed by atoms with Gasteiger partial charge in [0.15, 0.2) is 5.71 Å². The molecule has 0 radical (unpaired) electrons. The Labute approximate surface area is 419 Å². The van der Waals surface area contributed by atoms with Crippen molar-refractivity contribution in [1.29, 1.82) is 0 Å². The maximum absolute atomic E-state index is 12.9. The van der Waals surface area contributed by atoms with Crippen LogP contribution in [0.2, 0.25) is 0 Å². The number of aromatic amines is 1. The van der Waals surface area contributed by atoms with Crippen LogP contribution in [0.4, 0.5) is 11.4 Å². The first-order valence-electron chi connectivity index (χ1n) is 22.1. The second-order valence-corrected chi connectivity index (χ2v) is 25.2. The summed E-state index contributed by atoms with van der Waals surface area (Å²) >= 11 is 0. The van der Waals surface area contributed by atoms with Gasteiger partial charge in [0.2, 0.25) is 11.6 Å². The predicted octanol–water partition coefficient (Wildman–Crippen LogP) is 1.52. The molecule has 2 unspecified atom stereocenters.